The van der Waals surface area contributed by atoms with Crippen LogP contribution in [0.2, 0.25) is 0 Å². The molecule has 3 aromatic rings. The van der Waals surface area contributed by atoms with E-state index in [1.165, 1.54) is 0 Å². The Balaban J connectivity index is 2.56. The summed E-state index contributed by atoms with van der Waals surface area (Å²) in [5.74, 6) is 0.881. The lowest BCUT2D eigenvalue weighted by Gasteiger charge is -2.00. The Hall–Kier alpha value is -2.03. The fourth-order valence-electron chi connectivity index (χ4n) is 1.92. The highest BCUT2D eigenvalue weighted by molar-refractivity contribution is 6.09. The second-order valence-corrected chi connectivity index (χ2v) is 3.41. The van der Waals surface area contributed by atoms with Gasteiger partial charge in [-0.3, -0.25) is 0 Å². The van der Waals surface area contributed by atoms with Gasteiger partial charge in [0.1, 0.15) is 11.4 Å². The SMILES string of the molecule is COc1cccc2[nH]c3ncccc3c12. The number of aromatic amines is 1. The van der Waals surface area contributed by atoms with Gasteiger partial charge >= 0.3 is 0 Å². The highest BCUT2D eigenvalue weighted by atomic mass is 16.5. The van der Waals surface area contributed by atoms with Gasteiger partial charge in [-0.15, -0.1) is 0 Å². The average Bonchev–Trinajstić information content (AvgIpc) is 2.67. The molecule has 1 N–H and O–H groups in total. The van der Waals surface area contributed by atoms with Crippen molar-refractivity contribution in [1.29, 1.82) is 0 Å². The van der Waals surface area contributed by atoms with E-state index in [0.717, 1.165) is 27.7 Å². The summed E-state index contributed by atoms with van der Waals surface area (Å²) in [6, 6.07) is 9.93. The van der Waals surface area contributed by atoms with Gasteiger partial charge in [0.15, 0.2) is 0 Å². The molecule has 0 aliphatic heterocycles. The van der Waals surface area contributed by atoms with E-state index in [4.69, 9.17) is 4.74 Å². The lowest BCUT2D eigenvalue weighted by molar-refractivity contribution is 0.420. The molecule has 0 unspecified atom stereocenters. The van der Waals surface area contributed by atoms with Crippen LogP contribution in [0.1, 0.15) is 0 Å². The summed E-state index contributed by atoms with van der Waals surface area (Å²) in [6.07, 6.45) is 1.78. The third-order valence-corrected chi connectivity index (χ3v) is 2.58. The fourth-order valence-corrected chi connectivity index (χ4v) is 1.92. The Morgan fingerprint density at radius 1 is 1.20 bits per heavy atom. The number of hydrogen-bond donors (Lipinski definition) is 1. The van der Waals surface area contributed by atoms with E-state index in [2.05, 4.69) is 9.97 Å². The zero-order valence-corrected chi connectivity index (χ0v) is 8.32. The summed E-state index contributed by atoms with van der Waals surface area (Å²) in [4.78, 5) is 7.54. The molecule has 0 saturated heterocycles. The van der Waals surface area contributed by atoms with E-state index in [-0.39, 0.29) is 0 Å². The number of pyridine rings is 1. The normalized spacial score (nSPS) is 11.0. The van der Waals surface area contributed by atoms with Crippen molar-refractivity contribution in [3.63, 3.8) is 0 Å². The van der Waals surface area contributed by atoms with Gasteiger partial charge in [0, 0.05) is 11.6 Å². The summed E-state index contributed by atoms with van der Waals surface area (Å²) in [6.45, 7) is 0. The van der Waals surface area contributed by atoms with E-state index >= 15 is 0 Å². The first-order valence-corrected chi connectivity index (χ1v) is 4.79. The van der Waals surface area contributed by atoms with Crippen molar-refractivity contribution in [1.82, 2.24) is 9.97 Å². The Morgan fingerprint density at radius 2 is 2.13 bits per heavy atom. The molecule has 1 aromatic carbocycles. The average molecular weight is 198 g/mol. The van der Waals surface area contributed by atoms with Crippen molar-refractivity contribution >= 4 is 21.9 Å². The number of aromatic nitrogens is 2. The van der Waals surface area contributed by atoms with Gasteiger partial charge in [0.2, 0.25) is 0 Å². The van der Waals surface area contributed by atoms with Gasteiger partial charge in [-0.1, -0.05) is 6.07 Å². The molecule has 15 heavy (non-hydrogen) atoms. The maximum absolute atomic E-state index is 5.35. The van der Waals surface area contributed by atoms with Crippen molar-refractivity contribution in [3.8, 4) is 5.75 Å². The summed E-state index contributed by atoms with van der Waals surface area (Å²) < 4.78 is 5.35. The zero-order valence-electron chi connectivity index (χ0n) is 8.32. The van der Waals surface area contributed by atoms with Crippen LogP contribution in [0, 0.1) is 0 Å². The van der Waals surface area contributed by atoms with E-state index in [1.807, 2.05) is 30.3 Å². The molecule has 2 heterocycles. The standard InChI is InChI=1S/C12H10N2O/c1-15-10-6-2-5-9-11(10)8-4-3-7-13-12(8)14-9/h2-7H,1H3,(H,13,14). The van der Waals surface area contributed by atoms with E-state index in [0.29, 0.717) is 0 Å². The third kappa shape index (κ3) is 1.09. The molecule has 0 spiro atoms. The van der Waals surface area contributed by atoms with Crippen molar-refractivity contribution in [3.05, 3.63) is 36.5 Å². The molecule has 0 bridgehead atoms. The number of ether oxygens (including phenoxy) is 1. The van der Waals surface area contributed by atoms with Crippen LogP contribution in [0.5, 0.6) is 5.75 Å². The lowest BCUT2D eigenvalue weighted by Crippen LogP contribution is -1.82. The lowest BCUT2D eigenvalue weighted by atomic mass is 10.2. The summed E-state index contributed by atoms with van der Waals surface area (Å²) >= 11 is 0. The van der Waals surface area contributed by atoms with Crippen LogP contribution < -0.4 is 4.74 Å². The van der Waals surface area contributed by atoms with Crippen molar-refractivity contribution < 1.29 is 4.74 Å². The van der Waals surface area contributed by atoms with Gasteiger partial charge < -0.3 is 9.72 Å². The molecule has 3 rings (SSSR count). The summed E-state index contributed by atoms with van der Waals surface area (Å²) in [5, 5.41) is 2.20. The zero-order chi connectivity index (χ0) is 10.3. The predicted molar refractivity (Wildman–Crippen MR) is 60.2 cm³/mol. The van der Waals surface area contributed by atoms with Gasteiger partial charge in [0.05, 0.1) is 18.0 Å². The van der Waals surface area contributed by atoms with Crippen molar-refractivity contribution in [2.24, 2.45) is 0 Å². The minimum Gasteiger partial charge on any atom is -0.496 e. The quantitative estimate of drug-likeness (QED) is 0.652. The summed E-state index contributed by atoms with van der Waals surface area (Å²) in [5.41, 5.74) is 1.96. The van der Waals surface area contributed by atoms with E-state index in [9.17, 15) is 0 Å². The molecule has 74 valence electrons. The predicted octanol–water partition coefficient (Wildman–Crippen LogP) is 2.72. The molecular weight excluding hydrogens is 188 g/mol. The second-order valence-electron chi connectivity index (χ2n) is 3.41. The number of nitrogens with zero attached hydrogens (tertiary/aromatic N) is 1. The molecule has 0 aliphatic carbocycles. The van der Waals surface area contributed by atoms with Crippen LogP contribution >= 0.6 is 0 Å². The molecule has 0 aliphatic rings. The topological polar surface area (TPSA) is 37.9 Å². The highest BCUT2D eigenvalue weighted by Crippen LogP contribution is 2.31. The number of rotatable bonds is 1. The van der Waals surface area contributed by atoms with Crippen LogP contribution in [-0.4, -0.2) is 17.1 Å². The second kappa shape index (κ2) is 2.98. The smallest absolute Gasteiger partial charge is 0.138 e. The number of hydrogen-bond acceptors (Lipinski definition) is 2. The van der Waals surface area contributed by atoms with E-state index < -0.39 is 0 Å². The maximum Gasteiger partial charge on any atom is 0.138 e. The minimum absolute atomic E-state index is 0.881. The number of fused-ring (bicyclic) bond motifs is 3. The number of benzene rings is 1. The first kappa shape index (κ1) is 8.29. The van der Waals surface area contributed by atoms with Crippen LogP contribution in [0.4, 0.5) is 0 Å². The third-order valence-electron chi connectivity index (χ3n) is 2.58. The number of H-pyrrole nitrogens is 1. The molecular formula is C12H10N2O. The van der Waals surface area contributed by atoms with Crippen molar-refractivity contribution in [2.75, 3.05) is 7.11 Å². The Morgan fingerprint density at radius 3 is 3.00 bits per heavy atom. The summed E-state index contributed by atoms with van der Waals surface area (Å²) in [7, 11) is 1.68. The molecule has 0 atom stereocenters. The van der Waals surface area contributed by atoms with Gasteiger partial charge in [0.25, 0.3) is 0 Å². The molecule has 0 saturated carbocycles. The van der Waals surface area contributed by atoms with Gasteiger partial charge in [-0.25, -0.2) is 4.98 Å². The molecule has 2 aromatic heterocycles. The van der Waals surface area contributed by atoms with Crippen LogP contribution in [0.3, 0.4) is 0 Å². The molecule has 0 amide bonds. The largest absolute Gasteiger partial charge is 0.496 e. The Kier molecular flexibility index (Phi) is 1.65. The first-order valence-electron chi connectivity index (χ1n) is 4.79. The molecule has 0 radical (unpaired) electrons. The van der Waals surface area contributed by atoms with E-state index in [1.54, 1.807) is 13.3 Å². The van der Waals surface area contributed by atoms with Gasteiger partial charge in [-0.2, -0.15) is 0 Å². The van der Waals surface area contributed by atoms with Crippen LogP contribution in [0.15, 0.2) is 36.5 Å². The first-order chi connectivity index (χ1) is 7.40. The Labute approximate surface area is 86.7 Å². The fraction of sp³-hybridized carbons (Fsp3) is 0.0833. The monoisotopic (exact) mass is 198 g/mol. The molecule has 3 heteroatoms. The molecule has 3 nitrogen and oxygen atoms in total. The number of methoxy groups -OCH3 is 1. The molecule has 0 fully saturated rings. The van der Waals surface area contributed by atoms with Crippen LogP contribution in [-0.2, 0) is 0 Å². The highest BCUT2D eigenvalue weighted by Gasteiger charge is 2.08. The van der Waals surface area contributed by atoms with Crippen LogP contribution in [0.25, 0.3) is 21.9 Å². The number of nitrogens with one attached hydrogen (secondary N) is 1. The van der Waals surface area contributed by atoms with Gasteiger partial charge in [-0.05, 0) is 24.3 Å². The minimum atomic E-state index is 0.881. The van der Waals surface area contributed by atoms with Crippen molar-refractivity contribution in [2.45, 2.75) is 0 Å². The maximum atomic E-state index is 5.35. The Bertz CT molecular complexity index is 628.